The largest absolute Gasteiger partial charge is 0.464 e. The molecule has 5 saturated heterocycles. The van der Waals surface area contributed by atoms with Crippen molar-refractivity contribution in [3.63, 3.8) is 0 Å². The molecule has 4 aromatic rings. The number of cyclic esters (lactones) is 1. The molecule has 3 aromatic heterocycles. The van der Waals surface area contributed by atoms with Crippen LogP contribution in [0.1, 0.15) is 107 Å². The van der Waals surface area contributed by atoms with Crippen LogP contribution in [0.2, 0.25) is 0 Å². The molecule has 2 N–H and O–H groups in total. The third-order valence-corrected chi connectivity index (χ3v) is 19.1. The van der Waals surface area contributed by atoms with Crippen molar-refractivity contribution in [3.8, 4) is 22.5 Å². The first kappa shape index (κ1) is 54.0. The number of esters is 1. The molecule has 2 amide bonds. The van der Waals surface area contributed by atoms with E-state index in [2.05, 4.69) is 87.3 Å². The monoisotopic (exact) mass is 1090 g/mol. The number of methoxy groups -OCH3 is 1. The molecule has 8 atom stereocenters. The quantitative estimate of drug-likeness (QED) is 0.138. The molecule has 12 rings (SSSR count). The van der Waals surface area contributed by atoms with Crippen LogP contribution in [-0.4, -0.2) is 177 Å². The molecule has 8 aliphatic rings. The van der Waals surface area contributed by atoms with E-state index in [4.69, 9.17) is 38.4 Å². The van der Waals surface area contributed by atoms with Crippen molar-refractivity contribution in [3.05, 3.63) is 52.1 Å². The lowest BCUT2D eigenvalue weighted by atomic mass is 9.84. The molecule has 19 heteroatoms. The van der Waals surface area contributed by atoms with Crippen LogP contribution in [0.5, 0.6) is 0 Å². The summed E-state index contributed by atoms with van der Waals surface area (Å²) in [6.45, 7) is 18.2. The molecule has 7 fully saturated rings. The number of piperazine rings is 1. The predicted molar refractivity (Wildman–Crippen MR) is 297 cm³/mol. The zero-order chi connectivity index (χ0) is 53.7. The van der Waals surface area contributed by atoms with Gasteiger partial charge < -0.3 is 43.2 Å². The molecule has 78 heavy (non-hydrogen) atoms. The first-order valence-corrected chi connectivity index (χ1v) is 30.1. The number of ether oxygens (including phenoxy) is 6. The number of carbonyl (C=O) groups excluding carboxylic acids is 3. The van der Waals surface area contributed by atoms with Crippen molar-refractivity contribution in [2.24, 2.45) is 23.2 Å². The summed E-state index contributed by atoms with van der Waals surface area (Å²) < 4.78 is 39.3. The number of pyridine rings is 1. The Balaban J connectivity index is 0.990. The van der Waals surface area contributed by atoms with Crippen LogP contribution < -0.4 is 15.6 Å². The number of hydrogen-bond acceptors (Lipinski definition) is 16. The second-order valence-electron chi connectivity index (χ2n) is 24.1. The minimum atomic E-state index is -1.02. The first-order chi connectivity index (χ1) is 37.9. The van der Waals surface area contributed by atoms with Crippen LogP contribution in [0.4, 0.5) is 5.69 Å². The van der Waals surface area contributed by atoms with Crippen LogP contribution in [0.3, 0.4) is 0 Å². The standard InChI is InChI=1S/C59H81N9O9S/c1-36-49(48-9-7-24-76-48)50(36)55(69)62-52-54(66-21-27-74-28-22-66)56-61-46(34-78-56)38-10-13-47-42(30-38)44(32-59(3,4)35-77-58(71)45-8-6-16-68(63-45)57(52)70)53(67(47)23-29-75-41-14-25-73-26-15-41)43-31-40(33-60-51(43)37(2)72-5)65-19-17-64(18-20-65)39-11-12-39/h10,13,30-31,33-34,36-37,39,41,45,48-50,52,54,63H,6-9,11-12,14-29,32,35H2,1-5H3,(H,62,69)/t36-,37+,45+,48-,49-,50+,52+,54+/m1/s1. The van der Waals surface area contributed by atoms with Crippen molar-refractivity contribution >= 4 is 45.7 Å². The van der Waals surface area contributed by atoms with E-state index in [-0.39, 0.29) is 54.5 Å². The fraction of sp³-hybridized carbons (Fsp3) is 0.678. The smallest absolute Gasteiger partial charge is 0.324 e. The lowest BCUT2D eigenvalue weighted by molar-refractivity contribution is -0.156. The van der Waals surface area contributed by atoms with Crippen molar-refractivity contribution in [2.75, 3.05) is 104 Å². The van der Waals surface area contributed by atoms with Gasteiger partial charge in [0.2, 0.25) is 5.91 Å². The zero-order valence-corrected chi connectivity index (χ0v) is 47.2. The Hall–Kier alpha value is -4.57. The number of anilines is 1. The maximum absolute atomic E-state index is 15.4. The number of hydrazine groups is 1. The number of morpholine rings is 1. The van der Waals surface area contributed by atoms with E-state index in [9.17, 15) is 9.59 Å². The average molecular weight is 1090 g/mol. The zero-order valence-electron chi connectivity index (χ0n) is 46.4. The summed E-state index contributed by atoms with van der Waals surface area (Å²) in [5.74, 6) is -0.903. The van der Waals surface area contributed by atoms with E-state index in [1.165, 1.54) is 24.2 Å². The molecule has 422 valence electrons. The van der Waals surface area contributed by atoms with E-state index < -0.39 is 29.5 Å². The Kier molecular flexibility index (Phi) is 16.0. The van der Waals surface area contributed by atoms with Crippen molar-refractivity contribution in [1.29, 1.82) is 0 Å². The van der Waals surface area contributed by atoms with Gasteiger partial charge in [-0.25, -0.2) is 10.4 Å². The molecule has 0 spiro atoms. The maximum atomic E-state index is 15.4. The van der Waals surface area contributed by atoms with Gasteiger partial charge in [-0.05, 0) is 94.4 Å². The van der Waals surface area contributed by atoms with Crippen molar-refractivity contribution < 1.29 is 42.8 Å². The van der Waals surface area contributed by atoms with E-state index in [1.807, 2.05) is 6.20 Å². The molecule has 1 aromatic carbocycles. The summed E-state index contributed by atoms with van der Waals surface area (Å²) in [7, 11) is 1.75. The van der Waals surface area contributed by atoms with Gasteiger partial charge in [0.25, 0.3) is 5.91 Å². The van der Waals surface area contributed by atoms with Gasteiger partial charge in [0, 0.05) is 130 Å². The second-order valence-corrected chi connectivity index (χ2v) is 25.0. The Morgan fingerprint density at radius 2 is 1.73 bits per heavy atom. The number of aromatic nitrogens is 3. The van der Waals surface area contributed by atoms with Crippen LogP contribution >= 0.6 is 11.3 Å². The number of fused-ring (bicyclic) bond motifs is 6. The Labute approximate surface area is 463 Å². The number of benzene rings is 1. The minimum absolute atomic E-state index is 0.0423. The molecule has 0 radical (unpaired) electrons. The number of carbonyl (C=O) groups is 3. The average Bonchev–Trinajstić information content (AvgIpc) is 4.41. The topological polar surface area (TPSA) is 174 Å². The highest BCUT2D eigenvalue weighted by atomic mass is 32.1. The van der Waals surface area contributed by atoms with Crippen LogP contribution in [0.15, 0.2) is 35.8 Å². The number of nitrogens with one attached hydrogen (secondary N) is 2. The van der Waals surface area contributed by atoms with Gasteiger partial charge in [-0.3, -0.25) is 34.2 Å². The van der Waals surface area contributed by atoms with Gasteiger partial charge in [-0.2, -0.15) is 0 Å². The maximum Gasteiger partial charge on any atom is 0.324 e. The van der Waals surface area contributed by atoms with Gasteiger partial charge in [-0.15, -0.1) is 11.3 Å². The van der Waals surface area contributed by atoms with Crippen LogP contribution in [-0.2, 0) is 55.8 Å². The minimum Gasteiger partial charge on any atom is -0.464 e. The SMILES string of the molecule is CO[C@@H](C)c1ncc(N2CCN(C3CC3)CC2)cc1-c1c2c3cc(ccc3n1CCOC1CCOCC1)-c1csc(n1)[C@@H](N1CCOCC1)[C@H](NC(=O)[C@H]1[C@H](C)[C@@H]1[C@H]1CCCO1)C(=O)N1CCC[C@H](N1)C(=O)OCC(C)(C)C2. The van der Waals surface area contributed by atoms with E-state index in [0.29, 0.717) is 85.1 Å². The van der Waals surface area contributed by atoms with Gasteiger partial charge in [0.15, 0.2) is 0 Å². The fourth-order valence-corrected chi connectivity index (χ4v) is 14.5. The lowest BCUT2D eigenvalue weighted by Gasteiger charge is -2.41. The number of thiazole rings is 1. The highest BCUT2D eigenvalue weighted by Gasteiger charge is 2.57. The number of nitrogens with zero attached hydrogens (tertiary/aromatic N) is 7. The summed E-state index contributed by atoms with van der Waals surface area (Å²) in [6, 6.07) is 7.32. The molecule has 6 aliphatic heterocycles. The first-order valence-electron chi connectivity index (χ1n) is 29.2. The van der Waals surface area contributed by atoms with E-state index >= 15 is 4.79 Å². The lowest BCUT2D eigenvalue weighted by Crippen LogP contribution is -2.63. The second kappa shape index (κ2) is 23.1. The third kappa shape index (κ3) is 11.3. The molecule has 0 unspecified atom stereocenters. The van der Waals surface area contributed by atoms with Gasteiger partial charge in [0.05, 0.1) is 79.7 Å². The van der Waals surface area contributed by atoms with E-state index in [0.717, 1.165) is 113 Å². The summed E-state index contributed by atoms with van der Waals surface area (Å²) in [5.41, 5.74) is 10.7. The summed E-state index contributed by atoms with van der Waals surface area (Å²) >= 11 is 1.51. The van der Waals surface area contributed by atoms with Crippen LogP contribution in [0.25, 0.3) is 33.4 Å². The molecular weight excluding hydrogens is 1010 g/mol. The molecule has 9 heterocycles. The van der Waals surface area contributed by atoms with Crippen molar-refractivity contribution in [1.82, 2.24) is 40.1 Å². The number of amides is 2. The highest BCUT2D eigenvalue weighted by molar-refractivity contribution is 7.10. The van der Waals surface area contributed by atoms with Gasteiger partial charge in [0.1, 0.15) is 17.1 Å². The molecule has 2 saturated carbocycles. The third-order valence-electron chi connectivity index (χ3n) is 18.2. The fourth-order valence-electron chi connectivity index (χ4n) is 13.5. The molecule has 6 bridgehead atoms. The number of rotatable bonds is 13. The molecule has 2 aliphatic carbocycles. The highest BCUT2D eigenvalue weighted by Crippen LogP contribution is 2.52. The van der Waals surface area contributed by atoms with Gasteiger partial charge in [-0.1, -0.05) is 26.8 Å². The summed E-state index contributed by atoms with van der Waals surface area (Å²) in [6.07, 6.45) is 9.78. The summed E-state index contributed by atoms with van der Waals surface area (Å²) in [5, 5.41) is 8.78. The van der Waals surface area contributed by atoms with Gasteiger partial charge >= 0.3 is 5.97 Å². The molecule has 18 nitrogen and oxygen atoms in total. The summed E-state index contributed by atoms with van der Waals surface area (Å²) in [4.78, 5) is 62.6. The molecular formula is C59H81N9O9S. The van der Waals surface area contributed by atoms with Crippen LogP contribution in [0, 0.1) is 23.2 Å². The van der Waals surface area contributed by atoms with E-state index in [1.54, 1.807) is 12.1 Å². The van der Waals surface area contributed by atoms with Crippen molar-refractivity contribution in [2.45, 2.75) is 135 Å². The Morgan fingerprint density at radius 3 is 2.49 bits per heavy atom. The Morgan fingerprint density at radius 1 is 0.936 bits per heavy atom. The normalized spacial score (nSPS) is 29.1. The Bertz CT molecular complexity index is 2790. The number of hydrogen-bond donors (Lipinski definition) is 2. The predicted octanol–water partition coefficient (Wildman–Crippen LogP) is 6.55.